The average molecular weight is 269 g/mol. The number of hydrogen-bond acceptors (Lipinski definition) is 2. The highest BCUT2D eigenvalue weighted by Crippen LogP contribution is 2.19. The van der Waals surface area contributed by atoms with Crippen molar-refractivity contribution in [2.24, 2.45) is 0 Å². The molecule has 2 aromatic rings. The maximum atomic E-state index is 4.40. The number of benzene rings is 1. The Kier molecular flexibility index (Phi) is 4.49. The Morgan fingerprint density at radius 2 is 1.80 bits per heavy atom. The topological polar surface area (TPSA) is 40.7 Å². The zero-order valence-corrected chi connectivity index (χ0v) is 11.9. The normalized spacial score (nSPS) is 17.0. The molecule has 1 aliphatic carbocycles. The van der Waals surface area contributed by atoms with Crippen LogP contribution in [-0.2, 0) is 6.54 Å². The number of nitrogens with zero attached hydrogens (tertiary/aromatic N) is 1. The van der Waals surface area contributed by atoms with Gasteiger partial charge in [0.15, 0.2) is 0 Å². The van der Waals surface area contributed by atoms with Crippen molar-refractivity contribution in [2.75, 3.05) is 0 Å². The lowest BCUT2D eigenvalue weighted by Gasteiger charge is -2.15. The molecule has 3 nitrogen and oxygen atoms in total. The van der Waals surface area contributed by atoms with Crippen molar-refractivity contribution in [3.05, 3.63) is 42.1 Å². The van der Waals surface area contributed by atoms with Gasteiger partial charge in [-0.25, -0.2) is 0 Å². The molecule has 1 saturated carbocycles. The number of aromatic amines is 1. The van der Waals surface area contributed by atoms with Crippen LogP contribution in [0.3, 0.4) is 0 Å². The summed E-state index contributed by atoms with van der Waals surface area (Å²) in [6.07, 6.45) is 8.19. The molecule has 1 aromatic carbocycles. The Labute approximate surface area is 120 Å². The highest BCUT2D eigenvalue weighted by molar-refractivity contribution is 5.58. The largest absolute Gasteiger partial charge is 0.308 e. The first-order valence-corrected chi connectivity index (χ1v) is 7.75. The zero-order chi connectivity index (χ0) is 13.6. The summed E-state index contributed by atoms with van der Waals surface area (Å²) >= 11 is 0. The fourth-order valence-electron chi connectivity index (χ4n) is 2.95. The van der Waals surface area contributed by atoms with Gasteiger partial charge in [0, 0.05) is 23.8 Å². The van der Waals surface area contributed by atoms with E-state index in [0.717, 1.165) is 12.2 Å². The molecule has 1 heterocycles. The van der Waals surface area contributed by atoms with E-state index in [1.807, 2.05) is 18.2 Å². The van der Waals surface area contributed by atoms with E-state index in [1.54, 1.807) is 0 Å². The summed E-state index contributed by atoms with van der Waals surface area (Å²) in [5, 5.41) is 11.2. The van der Waals surface area contributed by atoms with Crippen LogP contribution < -0.4 is 5.32 Å². The van der Waals surface area contributed by atoms with Crippen LogP contribution in [0.15, 0.2) is 36.4 Å². The number of H-pyrrole nitrogens is 1. The lowest BCUT2D eigenvalue weighted by atomic mass is 10.1. The Bertz CT molecular complexity index is 510. The van der Waals surface area contributed by atoms with E-state index in [1.165, 1.54) is 49.8 Å². The number of nitrogens with one attached hydrogen (secondary N) is 2. The molecule has 0 saturated heterocycles. The van der Waals surface area contributed by atoms with Gasteiger partial charge in [0.1, 0.15) is 0 Å². The Morgan fingerprint density at radius 1 is 1.05 bits per heavy atom. The minimum atomic E-state index is 0.681. The van der Waals surface area contributed by atoms with E-state index in [0.29, 0.717) is 6.04 Å². The van der Waals surface area contributed by atoms with Crippen LogP contribution in [-0.4, -0.2) is 16.2 Å². The van der Waals surface area contributed by atoms with E-state index < -0.39 is 0 Å². The molecule has 0 unspecified atom stereocenters. The van der Waals surface area contributed by atoms with Crippen LogP contribution in [0.4, 0.5) is 0 Å². The number of hydrogen-bond donors (Lipinski definition) is 2. The third kappa shape index (κ3) is 3.48. The van der Waals surface area contributed by atoms with Crippen molar-refractivity contribution in [3.63, 3.8) is 0 Å². The van der Waals surface area contributed by atoms with Gasteiger partial charge in [-0.3, -0.25) is 5.10 Å². The Morgan fingerprint density at radius 3 is 2.55 bits per heavy atom. The monoisotopic (exact) mass is 269 g/mol. The molecule has 0 radical (unpaired) electrons. The fourth-order valence-corrected chi connectivity index (χ4v) is 2.95. The summed E-state index contributed by atoms with van der Waals surface area (Å²) in [6, 6.07) is 13.2. The minimum Gasteiger partial charge on any atom is -0.308 e. The fraction of sp³-hybridized carbons (Fsp3) is 0.471. The van der Waals surface area contributed by atoms with E-state index in [2.05, 4.69) is 33.7 Å². The van der Waals surface area contributed by atoms with Crippen LogP contribution in [0.2, 0.25) is 0 Å². The Balaban J connectivity index is 1.57. The van der Waals surface area contributed by atoms with Gasteiger partial charge >= 0.3 is 0 Å². The average Bonchev–Trinajstić information content (AvgIpc) is 2.82. The first kappa shape index (κ1) is 13.4. The molecule has 20 heavy (non-hydrogen) atoms. The predicted molar refractivity (Wildman–Crippen MR) is 82.4 cm³/mol. The second kappa shape index (κ2) is 6.71. The molecule has 1 fully saturated rings. The van der Waals surface area contributed by atoms with Crippen molar-refractivity contribution in [1.82, 2.24) is 15.5 Å². The molecular weight excluding hydrogens is 246 g/mol. The second-order valence-electron chi connectivity index (χ2n) is 5.71. The number of rotatable bonds is 4. The third-order valence-electron chi connectivity index (χ3n) is 4.14. The summed E-state index contributed by atoms with van der Waals surface area (Å²) < 4.78 is 0. The molecule has 0 bridgehead atoms. The molecule has 0 aliphatic heterocycles. The standard InChI is InChI=1S/C17H23N3/c1-2-7-11-15(10-6-1)18-13-16-12-17(20-19-16)14-8-4-3-5-9-14/h3-5,8-9,12,15,18H,1-2,6-7,10-11,13H2,(H,19,20). The molecule has 2 N–H and O–H groups in total. The summed E-state index contributed by atoms with van der Waals surface area (Å²) in [4.78, 5) is 0. The van der Waals surface area contributed by atoms with Gasteiger partial charge in [-0.2, -0.15) is 5.10 Å². The highest BCUT2D eigenvalue weighted by atomic mass is 15.1. The first-order valence-electron chi connectivity index (χ1n) is 7.75. The second-order valence-corrected chi connectivity index (χ2v) is 5.71. The van der Waals surface area contributed by atoms with E-state index in [4.69, 9.17) is 0 Å². The van der Waals surface area contributed by atoms with Crippen LogP contribution in [0.5, 0.6) is 0 Å². The molecule has 0 atom stereocenters. The minimum absolute atomic E-state index is 0.681. The molecule has 106 valence electrons. The molecule has 0 spiro atoms. The zero-order valence-electron chi connectivity index (χ0n) is 11.9. The summed E-state index contributed by atoms with van der Waals surface area (Å²) in [5.41, 5.74) is 3.38. The molecule has 0 amide bonds. The van der Waals surface area contributed by atoms with Crippen LogP contribution >= 0.6 is 0 Å². The predicted octanol–water partition coefficient (Wildman–Crippen LogP) is 3.89. The summed E-state index contributed by atoms with van der Waals surface area (Å²) in [6.45, 7) is 0.893. The van der Waals surface area contributed by atoms with E-state index in [9.17, 15) is 0 Å². The van der Waals surface area contributed by atoms with Crippen LogP contribution in [0, 0.1) is 0 Å². The van der Waals surface area contributed by atoms with Crippen molar-refractivity contribution in [3.8, 4) is 11.3 Å². The third-order valence-corrected chi connectivity index (χ3v) is 4.14. The van der Waals surface area contributed by atoms with Crippen molar-refractivity contribution in [1.29, 1.82) is 0 Å². The highest BCUT2D eigenvalue weighted by Gasteiger charge is 2.12. The van der Waals surface area contributed by atoms with Gasteiger partial charge in [0.05, 0.1) is 5.69 Å². The van der Waals surface area contributed by atoms with Gasteiger partial charge in [0.25, 0.3) is 0 Å². The summed E-state index contributed by atoms with van der Waals surface area (Å²) in [7, 11) is 0. The van der Waals surface area contributed by atoms with Gasteiger partial charge in [0.2, 0.25) is 0 Å². The van der Waals surface area contributed by atoms with Gasteiger partial charge in [-0.15, -0.1) is 0 Å². The first-order chi connectivity index (χ1) is 9.92. The molecule has 1 aliphatic rings. The molecule has 3 heteroatoms. The maximum absolute atomic E-state index is 4.40. The summed E-state index contributed by atoms with van der Waals surface area (Å²) in [5.74, 6) is 0. The smallest absolute Gasteiger partial charge is 0.0924 e. The lowest BCUT2D eigenvalue weighted by Crippen LogP contribution is -2.27. The molecule has 1 aromatic heterocycles. The van der Waals surface area contributed by atoms with Crippen molar-refractivity contribution in [2.45, 2.75) is 51.1 Å². The Hall–Kier alpha value is -1.61. The van der Waals surface area contributed by atoms with E-state index in [-0.39, 0.29) is 0 Å². The van der Waals surface area contributed by atoms with Gasteiger partial charge in [-0.1, -0.05) is 56.0 Å². The van der Waals surface area contributed by atoms with Crippen LogP contribution in [0.25, 0.3) is 11.3 Å². The lowest BCUT2D eigenvalue weighted by molar-refractivity contribution is 0.456. The quantitative estimate of drug-likeness (QED) is 0.827. The maximum Gasteiger partial charge on any atom is 0.0924 e. The van der Waals surface area contributed by atoms with Crippen molar-refractivity contribution >= 4 is 0 Å². The molecule has 3 rings (SSSR count). The van der Waals surface area contributed by atoms with E-state index >= 15 is 0 Å². The van der Waals surface area contributed by atoms with Gasteiger partial charge in [-0.05, 0) is 18.9 Å². The SMILES string of the molecule is c1ccc(-c2cc(CNC3CCCCCC3)[nH]n2)cc1. The van der Waals surface area contributed by atoms with Gasteiger partial charge < -0.3 is 5.32 Å². The van der Waals surface area contributed by atoms with Crippen LogP contribution in [0.1, 0.15) is 44.2 Å². The van der Waals surface area contributed by atoms with Crippen molar-refractivity contribution < 1.29 is 0 Å². The number of aromatic nitrogens is 2. The molecular formula is C17H23N3.